The molecule has 0 amide bonds. The molecule has 5 heteroatoms. The minimum Gasteiger partial charge on any atom is -0.313 e. The standard InChI is InChI=1S/C29H21ClN2O2/c30-24-13-11-21(12-14-24)19-29-27(22-7-3-1-4-8-22)20-28(23-9-5-2-6-10-23)31(29)25-15-17-26(18-16-25)32(33)34/h1-18,20H,19H2. The molecule has 0 aliphatic heterocycles. The Balaban J connectivity index is 1.77. The maximum absolute atomic E-state index is 11.2. The van der Waals surface area contributed by atoms with Crippen molar-refractivity contribution in [2.75, 3.05) is 0 Å². The molecule has 1 heterocycles. The Labute approximate surface area is 202 Å². The lowest BCUT2D eigenvalue weighted by molar-refractivity contribution is -0.384. The number of nitro groups is 1. The Bertz CT molecular complexity index is 1430. The molecule has 0 N–H and O–H groups in total. The number of nitrogens with zero attached hydrogens (tertiary/aromatic N) is 2. The predicted octanol–water partition coefficient (Wildman–Crippen LogP) is 7.96. The Morgan fingerprint density at radius 1 is 0.735 bits per heavy atom. The summed E-state index contributed by atoms with van der Waals surface area (Å²) in [5, 5.41) is 11.9. The van der Waals surface area contributed by atoms with E-state index in [0.29, 0.717) is 11.4 Å². The Morgan fingerprint density at radius 3 is 1.91 bits per heavy atom. The smallest absolute Gasteiger partial charge is 0.269 e. The molecule has 4 nitrogen and oxygen atoms in total. The molecule has 0 fully saturated rings. The first-order chi connectivity index (χ1) is 16.6. The monoisotopic (exact) mass is 464 g/mol. The van der Waals surface area contributed by atoms with Gasteiger partial charge in [-0.25, -0.2) is 0 Å². The molecule has 5 aromatic rings. The number of halogens is 1. The first-order valence-corrected chi connectivity index (χ1v) is 11.3. The molecule has 0 aliphatic rings. The van der Waals surface area contributed by atoms with Crippen LogP contribution in [0.3, 0.4) is 0 Å². The third-order valence-electron chi connectivity index (χ3n) is 5.86. The van der Waals surface area contributed by atoms with E-state index in [2.05, 4.69) is 34.9 Å². The molecule has 0 saturated heterocycles. The molecular formula is C29H21ClN2O2. The fourth-order valence-corrected chi connectivity index (χ4v) is 4.35. The van der Waals surface area contributed by atoms with Gasteiger partial charge in [0.25, 0.3) is 5.69 Å². The van der Waals surface area contributed by atoms with Gasteiger partial charge in [0.05, 0.1) is 10.6 Å². The summed E-state index contributed by atoms with van der Waals surface area (Å²) in [6.45, 7) is 0. The van der Waals surface area contributed by atoms with Crippen molar-refractivity contribution >= 4 is 17.3 Å². The van der Waals surface area contributed by atoms with E-state index in [0.717, 1.165) is 39.3 Å². The summed E-state index contributed by atoms with van der Waals surface area (Å²) in [7, 11) is 0. The Hall–Kier alpha value is -4.15. The third-order valence-corrected chi connectivity index (χ3v) is 6.11. The van der Waals surface area contributed by atoms with Crippen LogP contribution in [0.4, 0.5) is 5.69 Å². The molecule has 166 valence electrons. The van der Waals surface area contributed by atoms with Gasteiger partial charge in [-0.05, 0) is 47.0 Å². The van der Waals surface area contributed by atoms with Crippen LogP contribution in [0, 0.1) is 10.1 Å². The second-order valence-corrected chi connectivity index (χ2v) is 8.47. The summed E-state index contributed by atoms with van der Waals surface area (Å²) in [5.41, 5.74) is 7.49. The van der Waals surface area contributed by atoms with Crippen LogP contribution in [-0.2, 0) is 6.42 Å². The van der Waals surface area contributed by atoms with Crippen molar-refractivity contribution in [3.8, 4) is 28.1 Å². The molecule has 0 radical (unpaired) electrons. The normalized spacial score (nSPS) is 10.9. The molecule has 5 rings (SSSR count). The molecule has 0 aliphatic carbocycles. The van der Waals surface area contributed by atoms with E-state index >= 15 is 0 Å². The van der Waals surface area contributed by atoms with Gasteiger partial charge in [-0.2, -0.15) is 0 Å². The molecule has 0 unspecified atom stereocenters. The molecule has 0 spiro atoms. The predicted molar refractivity (Wildman–Crippen MR) is 138 cm³/mol. The summed E-state index contributed by atoms with van der Waals surface area (Å²) in [6, 6.07) is 37.3. The van der Waals surface area contributed by atoms with Crippen LogP contribution in [0.5, 0.6) is 0 Å². The van der Waals surface area contributed by atoms with Gasteiger partial charge < -0.3 is 4.57 Å². The van der Waals surface area contributed by atoms with Crippen LogP contribution in [0.25, 0.3) is 28.1 Å². The number of benzene rings is 4. The van der Waals surface area contributed by atoms with E-state index in [-0.39, 0.29) is 10.6 Å². The summed E-state index contributed by atoms with van der Waals surface area (Å²) in [4.78, 5) is 10.9. The quantitative estimate of drug-likeness (QED) is 0.189. The minimum atomic E-state index is -0.373. The highest BCUT2D eigenvalue weighted by Crippen LogP contribution is 2.37. The SMILES string of the molecule is O=[N+]([O-])c1ccc(-n2c(-c3ccccc3)cc(-c3ccccc3)c2Cc2ccc(Cl)cc2)cc1. The lowest BCUT2D eigenvalue weighted by atomic mass is 10.0. The zero-order valence-electron chi connectivity index (χ0n) is 18.3. The van der Waals surface area contributed by atoms with Crippen LogP contribution < -0.4 is 0 Å². The van der Waals surface area contributed by atoms with Crippen molar-refractivity contribution < 1.29 is 4.92 Å². The maximum Gasteiger partial charge on any atom is 0.269 e. The second kappa shape index (κ2) is 9.38. The molecule has 0 saturated carbocycles. The zero-order chi connectivity index (χ0) is 23.5. The summed E-state index contributed by atoms with van der Waals surface area (Å²) >= 11 is 6.13. The van der Waals surface area contributed by atoms with Crippen LogP contribution >= 0.6 is 11.6 Å². The summed E-state index contributed by atoms with van der Waals surface area (Å²) in [5.74, 6) is 0. The van der Waals surface area contributed by atoms with Gasteiger partial charge in [0.15, 0.2) is 0 Å². The van der Waals surface area contributed by atoms with Gasteiger partial charge in [0.2, 0.25) is 0 Å². The zero-order valence-corrected chi connectivity index (χ0v) is 19.0. The highest BCUT2D eigenvalue weighted by molar-refractivity contribution is 6.30. The van der Waals surface area contributed by atoms with Gasteiger partial charge in [0, 0.05) is 40.5 Å². The van der Waals surface area contributed by atoms with Crippen molar-refractivity contribution in [2.24, 2.45) is 0 Å². The van der Waals surface area contributed by atoms with E-state index in [1.54, 1.807) is 12.1 Å². The van der Waals surface area contributed by atoms with E-state index < -0.39 is 0 Å². The van der Waals surface area contributed by atoms with Gasteiger partial charge in [-0.15, -0.1) is 0 Å². The molecule has 0 atom stereocenters. The van der Waals surface area contributed by atoms with Crippen LogP contribution in [-0.4, -0.2) is 9.49 Å². The number of non-ortho nitro benzene ring substituents is 1. The number of rotatable bonds is 6. The van der Waals surface area contributed by atoms with Crippen LogP contribution in [0.15, 0.2) is 115 Å². The largest absolute Gasteiger partial charge is 0.313 e. The van der Waals surface area contributed by atoms with Crippen molar-refractivity contribution in [3.05, 3.63) is 142 Å². The van der Waals surface area contributed by atoms with Gasteiger partial charge in [0.1, 0.15) is 0 Å². The van der Waals surface area contributed by atoms with Crippen LogP contribution in [0.2, 0.25) is 5.02 Å². The lowest BCUT2D eigenvalue weighted by Crippen LogP contribution is -2.04. The van der Waals surface area contributed by atoms with Crippen molar-refractivity contribution in [1.29, 1.82) is 0 Å². The van der Waals surface area contributed by atoms with E-state index in [1.807, 2.05) is 72.8 Å². The van der Waals surface area contributed by atoms with Gasteiger partial charge >= 0.3 is 0 Å². The topological polar surface area (TPSA) is 48.1 Å². The Morgan fingerprint density at radius 2 is 1.32 bits per heavy atom. The van der Waals surface area contributed by atoms with Gasteiger partial charge in [-0.3, -0.25) is 10.1 Å². The summed E-state index contributed by atoms with van der Waals surface area (Å²) < 4.78 is 2.20. The van der Waals surface area contributed by atoms with Crippen LogP contribution in [0.1, 0.15) is 11.3 Å². The average Bonchev–Trinajstić information content (AvgIpc) is 3.25. The number of nitro benzene ring substituents is 1. The number of aromatic nitrogens is 1. The molecule has 4 aromatic carbocycles. The maximum atomic E-state index is 11.2. The first-order valence-electron chi connectivity index (χ1n) is 10.9. The molecule has 34 heavy (non-hydrogen) atoms. The fourth-order valence-electron chi connectivity index (χ4n) is 4.23. The average molecular weight is 465 g/mol. The lowest BCUT2D eigenvalue weighted by Gasteiger charge is -2.16. The first kappa shape index (κ1) is 21.7. The molecule has 1 aromatic heterocycles. The van der Waals surface area contributed by atoms with E-state index in [9.17, 15) is 10.1 Å². The van der Waals surface area contributed by atoms with Crippen molar-refractivity contribution in [1.82, 2.24) is 4.57 Å². The highest BCUT2D eigenvalue weighted by Gasteiger charge is 2.20. The summed E-state index contributed by atoms with van der Waals surface area (Å²) in [6.07, 6.45) is 0.672. The Kier molecular flexibility index (Phi) is 5.98. The fraction of sp³-hybridized carbons (Fsp3) is 0.0345. The minimum absolute atomic E-state index is 0.0692. The number of hydrogen-bond donors (Lipinski definition) is 0. The molecular weight excluding hydrogens is 444 g/mol. The number of hydrogen-bond acceptors (Lipinski definition) is 2. The second-order valence-electron chi connectivity index (χ2n) is 8.03. The van der Waals surface area contributed by atoms with Gasteiger partial charge in [-0.1, -0.05) is 84.4 Å². The third kappa shape index (κ3) is 4.36. The van der Waals surface area contributed by atoms with E-state index in [4.69, 9.17) is 11.6 Å². The highest BCUT2D eigenvalue weighted by atomic mass is 35.5. The van der Waals surface area contributed by atoms with Crippen molar-refractivity contribution in [2.45, 2.75) is 6.42 Å². The van der Waals surface area contributed by atoms with E-state index in [1.165, 1.54) is 0 Å². The molecule has 0 bridgehead atoms. The van der Waals surface area contributed by atoms with Crippen molar-refractivity contribution in [3.63, 3.8) is 0 Å².